The van der Waals surface area contributed by atoms with Crippen molar-refractivity contribution in [2.75, 3.05) is 19.0 Å². The molecule has 0 saturated heterocycles. The van der Waals surface area contributed by atoms with Crippen LogP contribution in [-0.2, 0) is 6.54 Å². The maximum atomic E-state index is 9.64. The molecule has 1 rings (SSSR count). The number of likely N-dealkylation sites (N-methyl/N-ethyl adjacent to an activating group) is 1. The van der Waals surface area contributed by atoms with Crippen LogP contribution in [-0.4, -0.2) is 39.2 Å². The van der Waals surface area contributed by atoms with Gasteiger partial charge in [-0.15, -0.1) is 0 Å². The van der Waals surface area contributed by atoms with Gasteiger partial charge in [0.15, 0.2) is 5.82 Å². The third-order valence-electron chi connectivity index (χ3n) is 1.94. The van der Waals surface area contributed by atoms with Crippen molar-refractivity contribution in [2.24, 2.45) is 5.84 Å². The second-order valence-corrected chi connectivity index (χ2v) is 4.52. The van der Waals surface area contributed by atoms with Crippen molar-refractivity contribution in [3.05, 3.63) is 18.1 Å². The van der Waals surface area contributed by atoms with Crippen molar-refractivity contribution in [2.45, 2.75) is 26.0 Å². The SMILES string of the molecule is CN(Cc1cnc(NN)cn1)CC(C)(C)O. The lowest BCUT2D eigenvalue weighted by Gasteiger charge is -2.24. The van der Waals surface area contributed by atoms with Gasteiger partial charge in [0.1, 0.15) is 0 Å². The first-order valence-corrected chi connectivity index (χ1v) is 5.09. The summed E-state index contributed by atoms with van der Waals surface area (Å²) in [6, 6.07) is 0. The lowest BCUT2D eigenvalue weighted by molar-refractivity contribution is 0.0421. The highest BCUT2D eigenvalue weighted by molar-refractivity contribution is 5.28. The molecular weight excluding hydrogens is 206 g/mol. The number of hydrogen-bond donors (Lipinski definition) is 3. The Labute approximate surface area is 95.5 Å². The Morgan fingerprint density at radius 2 is 2.12 bits per heavy atom. The van der Waals surface area contributed by atoms with Crippen LogP contribution in [0.1, 0.15) is 19.5 Å². The topological polar surface area (TPSA) is 87.3 Å². The molecule has 0 fully saturated rings. The zero-order valence-electron chi connectivity index (χ0n) is 9.94. The fourth-order valence-corrected chi connectivity index (χ4v) is 1.50. The Kier molecular flexibility index (Phi) is 4.17. The minimum absolute atomic E-state index is 0.536. The van der Waals surface area contributed by atoms with E-state index >= 15 is 0 Å². The second-order valence-electron chi connectivity index (χ2n) is 4.52. The summed E-state index contributed by atoms with van der Waals surface area (Å²) in [5.74, 6) is 5.72. The van der Waals surface area contributed by atoms with E-state index in [1.165, 1.54) is 0 Å². The molecule has 90 valence electrons. The Morgan fingerprint density at radius 3 is 2.56 bits per heavy atom. The standard InChI is InChI=1S/C10H19N5O/c1-10(2,16)7-15(3)6-8-4-13-9(14-11)5-12-8/h4-5,16H,6-7,11H2,1-3H3,(H,13,14). The molecule has 0 saturated carbocycles. The van der Waals surface area contributed by atoms with Crippen molar-refractivity contribution < 1.29 is 5.11 Å². The average Bonchev–Trinajstić information content (AvgIpc) is 2.16. The van der Waals surface area contributed by atoms with Gasteiger partial charge in [0, 0.05) is 13.1 Å². The van der Waals surface area contributed by atoms with E-state index in [4.69, 9.17) is 5.84 Å². The molecule has 1 aromatic rings. The number of hydrogen-bond acceptors (Lipinski definition) is 6. The summed E-state index contributed by atoms with van der Waals surface area (Å²) in [5.41, 5.74) is 2.55. The van der Waals surface area contributed by atoms with Crippen molar-refractivity contribution in [1.82, 2.24) is 14.9 Å². The molecular formula is C10H19N5O. The molecule has 16 heavy (non-hydrogen) atoms. The van der Waals surface area contributed by atoms with Gasteiger partial charge in [-0.05, 0) is 20.9 Å². The normalized spacial score (nSPS) is 11.9. The Balaban J connectivity index is 2.53. The molecule has 0 atom stereocenters. The molecule has 0 bridgehead atoms. The zero-order valence-corrected chi connectivity index (χ0v) is 9.94. The number of nitrogens with two attached hydrogens (primary N) is 1. The van der Waals surface area contributed by atoms with E-state index in [1.54, 1.807) is 26.2 Å². The Morgan fingerprint density at radius 1 is 1.44 bits per heavy atom. The predicted molar refractivity (Wildman–Crippen MR) is 62.5 cm³/mol. The van der Waals surface area contributed by atoms with Gasteiger partial charge in [0.05, 0.1) is 23.7 Å². The molecule has 6 nitrogen and oxygen atoms in total. The zero-order chi connectivity index (χ0) is 12.2. The van der Waals surface area contributed by atoms with E-state index in [2.05, 4.69) is 15.4 Å². The van der Waals surface area contributed by atoms with Gasteiger partial charge in [-0.1, -0.05) is 0 Å². The number of aliphatic hydroxyl groups is 1. The molecule has 1 aromatic heterocycles. The van der Waals surface area contributed by atoms with Gasteiger partial charge >= 0.3 is 0 Å². The molecule has 0 unspecified atom stereocenters. The van der Waals surface area contributed by atoms with Gasteiger partial charge < -0.3 is 10.5 Å². The van der Waals surface area contributed by atoms with Crippen LogP contribution < -0.4 is 11.3 Å². The maximum absolute atomic E-state index is 9.64. The summed E-state index contributed by atoms with van der Waals surface area (Å²) >= 11 is 0. The first-order valence-electron chi connectivity index (χ1n) is 5.09. The number of rotatable bonds is 5. The van der Waals surface area contributed by atoms with Crippen molar-refractivity contribution in [3.63, 3.8) is 0 Å². The molecule has 4 N–H and O–H groups in total. The number of hydrazine groups is 1. The predicted octanol–water partition coefficient (Wildman–Crippen LogP) is -0.0351. The monoisotopic (exact) mass is 225 g/mol. The van der Waals surface area contributed by atoms with Crippen LogP contribution in [0, 0.1) is 0 Å². The van der Waals surface area contributed by atoms with Gasteiger partial charge in [-0.2, -0.15) is 0 Å². The van der Waals surface area contributed by atoms with E-state index in [0.29, 0.717) is 18.9 Å². The average molecular weight is 225 g/mol. The molecule has 0 aliphatic heterocycles. The number of nitrogen functional groups attached to an aromatic ring is 1. The summed E-state index contributed by atoms with van der Waals surface area (Å²) in [7, 11) is 1.93. The quantitative estimate of drug-likeness (QED) is 0.481. The molecule has 0 spiro atoms. The molecule has 1 heterocycles. The van der Waals surface area contributed by atoms with Gasteiger partial charge in [0.25, 0.3) is 0 Å². The highest BCUT2D eigenvalue weighted by atomic mass is 16.3. The summed E-state index contributed by atoms with van der Waals surface area (Å²) in [6.45, 7) is 4.76. The highest BCUT2D eigenvalue weighted by Crippen LogP contribution is 2.07. The van der Waals surface area contributed by atoms with Crippen molar-refractivity contribution in [1.29, 1.82) is 0 Å². The first-order chi connectivity index (χ1) is 7.40. The molecule has 0 aromatic carbocycles. The lowest BCUT2D eigenvalue weighted by atomic mass is 10.1. The van der Waals surface area contributed by atoms with Crippen LogP contribution in [0.5, 0.6) is 0 Å². The van der Waals surface area contributed by atoms with Gasteiger partial charge in [-0.3, -0.25) is 9.88 Å². The van der Waals surface area contributed by atoms with Crippen LogP contribution in [0.25, 0.3) is 0 Å². The molecule has 0 radical (unpaired) electrons. The minimum atomic E-state index is -0.707. The van der Waals surface area contributed by atoms with Crippen LogP contribution >= 0.6 is 0 Å². The summed E-state index contributed by atoms with van der Waals surface area (Å²) in [4.78, 5) is 10.2. The number of anilines is 1. The van der Waals surface area contributed by atoms with Crippen LogP contribution in [0.4, 0.5) is 5.82 Å². The Hall–Kier alpha value is -1.24. The third-order valence-corrected chi connectivity index (χ3v) is 1.94. The number of nitrogens with one attached hydrogen (secondary N) is 1. The van der Waals surface area contributed by atoms with E-state index in [9.17, 15) is 5.11 Å². The van der Waals surface area contributed by atoms with Crippen molar-refractivity contribution in [3.8, 4) is 0 Å². The summed E-state index contributed by atoms with van der Waals surface area (Å²) < 4.78 is 0. The molecule has 6 heteroatoms. The fraction of sp³-hybridized carbons (Fsp3) is 0.600. The molecule has 0 amide bonds. The van der Waals surface area contributed by atoms with Crippen molar-refractivity contribution >= 4 is 5.82 Å². The maximum Gasteiger partial charge on any atom is 0.158 e. The molecule has 0 aliphatic rings. The fourth-order valence-electron chi connectivity index (χ4n) is 1.50. The van der Waals surface area contributed by atoms with Gasteiger partial charge in [-0.25, -0.2) is 10.8 Å². The van der Waals surface area contributed by atoms with Crippen LogP contribution in [0.3, 0.4) is 0 Å². The van der Waals surface area contributed by atoms with Crippen LogP contribution in [0.2, 0.25) is 0 Å². The van der Waals surface area contributed by atoms with E-state index < -0.39 is 5.60 Å². The smallest absolute Gasteiger partial charge is 0.158 e. The number of nitrogens with zero attached hydrogens (tertiary/aromatic N) is 3. The summed E-state index contributed by atoms with van der Waals surface area (Å²) in [6.07, 6.45) is 3.24. The first kappa shape index (κ1) is 12.8. The Bertz CT molecular complexity index is 319. The molecule has 0 aliphatic carbocycles. The summed E-state index contributed by atoms with van der Waals surface area (Å²) in [5, 5.41) is 9.64. The largest absolute Gasteiger partial charge is 0.389 e. The van der Waals surface area contributed by atoms with Gasteiger partial charge in [0.2, 0.25) is 0 Å². The van der Waals surface area contributed by atoms with E-state index in [0.717, 1.165) is 5.69 Å². The van der Waals surface area contributed by atoms with Crippen LogP contribution in [0.15, 0.2) is 12.4 Å². The highest BCUT2D eigenvalue weighted by Gasteiger charge is 2.15. The second kappa shape index (κ2) is 5.20. The lowest BCUT2D eigenvalue weighted by Crippen LogP contribution is -2.36. The number of aromatic nitrogens is 2. The third kappa shape index (κ3) is 4.52. The minimum Gasteiger partial charge on any atom is -0.389 e. The van der Waals surface area contributed by atoms with E-state index in [1.807, 2.05) is 11.9 Å². The van der Waals surface area contributed by atoms with E-state index in [-0.39, 0.29) is 0 Å².